The predicted octanol–water partition coefficient (Wildman–Crippen LogP) is 1.74. The smallest absolute Gasteiger partial charge is 0.197 e. The van der Waals surface area contributed by atoms with Gasteiger partial charge in [0, 0.05) is 6.54 Å². The van der Waals surface area contributed by atoms with E-state index in [1.807, 2.05) is 30.3 Å². The lowest BCUT2D eigenvalue weighted by atomic mass is 10.0. The van der Waals surface area contributed by atoms with Gasteiger partial charge in [0.25, 0.3) is 0 Å². The summed E-state index contributed by atoms with van der Waals surface area (Å²) < 4.78 is 5.46. The summed E-state index contributed by atoms with van der Waals surface area (Å²) in [5.41, 5.74) is 6.86. The molecule has 0 saturated carbocycles. The molecule has 0 bridgehead atoms. The van der Waals surface area contributed by atoms with Gasteiger partial charge in [-0.15, -0.1) is 0 Å². The Hall–Kier alpha value is -1.55. The van der Waals surface area contributed by atoms with Crippen LogP contribution < -0.4 is 5.73 Å². The molecule has 4 nitrogen and oxygen atoms in total. The zero-order valence-electron chi connectivity index (χ0n) is 10.4. The second-order valence-corrected chi connectivity index (χ2v) is 4.82. The quantitative estimate of drug-likeness (QED) is 0.594. The zero-order valence-corrected chi connectivity index (χ0v) is 10.4. The minimum Gasteiger partial charge on any atom is -0.377 e. The van der Waals surface area contributed by atoms with Crippen molar-refractivity contribution in [3.8, 4) is 0 Å². The van der Waals surface area contributed by atoms with E-state index in [1.54, 1.807) is 0 Å². The molecule has 1 aromatic carbocycles. The number of hydrogen-bond donors (Lipinski definition) is 1. The van der Waals surface area contributed by atoms with Crippen LogP contribution in [0.5, 0.6) is 0 Å². The van der Waals surface area contributed by atoms with Gasteiger partial charge in [-0.05, 0) is 26.0 Å². The van der Waals surface area contributed by atoms with E-state index in [-0.39, 0.29) is 5.54 Å². The van der Waals surface area contributed by atoms with Crippen molar-refractivity contribution in [2.45, 2.75) is 19.4 Å². The third kappa shape index (κ3) is 2.77. The van der Waals surface area contributed by atoms with Gasteiger partial charge >= 0.3 is 0 Å². The summed E-state index contributed by atoms with van der Waals surface area (Å²) in [6.07, 6.45) is 0. The molecule has 0 aromatic heterocycles. The molecule has 1 fully saturated rings. The predicted molar refractivity (Wildman–Crippen MR) is 69.3 cm³/mol. The van der Waals surface area contributed by atoms with E-state index < -0.39 is 0 Å². The van der Waals surface area contributed by atoms with E-state index in [9.17, 15) is 0 Å². The lowest BCUT2D eigenvalue weighted by Gasteiger charge is -2.42. The molecule has 2 N–H and O–H groups in total. The SMILES string of the molecule is CC1(C)COCCN1C(N)=Nc1ccccc1. The molecule has 0 aliphatic carbocycles. The molecule has 4 heteroatoms. The maximum Gasteiger partial charge on any atom is 0.197 e. The molecule has 2 rings (SSSR count). The van der Waals surface area contributed by atoms with Crippen LogP contribution in [0.2, 0.25) is 0 Å². The first-order valence-electron chi connectivity index (χ1n) is 5.84. The number of para-hydroxylation sites is 1. The molecule has 0 unspecified atom stereocenters. The van der Waals surface area contributed by atoms with E-state index >= 15 is 0 Å². The highest BCUT2D eigenvalue weighted by Crippen LogP contribution is 2.20. The highest BCUT2D eigenvalue weighted by Gasteiger charge is 2.31. The van der Waals surface area contributed by atoms with Gasteiger partial charge in [0.1, 0.15) is 0 Å². The summed E-state index contributed by atoms with van der Waals surface area (Å²) in [4.78, 5) is 6.54. The van der Waals surface area contributed by atoms with Crippen molar-refractivity contribution < 1.29 is 4.74 Å². The molecule has 1 aromatic rings. The lowest BCUT2D eigenvalue weighted by Crippen LogP contribution is -2.57. The lowest BCUT2D eigenvalue weighted by molar-refractivity contribution is -0.0155. The summed E-state index contributed by atoms with van der Waals surface area (Å²) in [7, 11) is 0. The molecule has 0 radical (unpaired) electrons. The molecular weight excluding hydrogens is 214 g/mol. The number of nitrogens with two attached hydrogens (primary N) is 1. The van der Waals surface area contributed by atoms with Crippen LogP contribution in [-0.2, 0) is 4.74 Å². The van der Waals surface area contributed by atoms with Crippen LogP contribution in [0.4, 0.5) is 5.69 Å². The molecule has 1 aliphatic heterocycles. The average Bonchev–Trinajstić information content (AvgIpc) is 2.29. The third-order valence-electron chi connectivity index (χ3n) is 2.92. The highest BCUT2D eigenvalue weighted by molar-refractivity contribution is 5.81. The standard InChI is InChI=1S/C13H19N3O/c1-13(2)10-17-9-8-16(13)12(14)15-11-6-4-3-5-7-11/h3-7H,8-10H2,1-2H3,(H2,14,15). The molecule has 92 valence electrons. The Balaban J connectivity index is 2.19. The first-order chi connectivity index (χ1) is 8.09. The normalized spacial score (nSPS) is 20.4. The van der Waals surface area contributed by atoms with Crippen LogP contribution in [0.15, 0.2) is 35.3 Å². The molecule has 1 heterocycles. The van der Waals surface area contributed by atoms with Gasteiger partial charge in [0.15, 0.2) is 5.96 Å². The zero-order chi connectivity index (χ0) is 12.3. The van der Waals surface area contributed by atoms with Crippen LogP contribution >= 0.6 is 0 Å². The van der Waals surface area contributed by atoms with Gasteiger partial charge in [-0.2, -0.15) is 0 Å². The summed E-state index contributed by atoms with van der Waals surface area (Å²) in [5.74, 6) is 0.560. The number of aliphatic imine (C=N–C) groups is 1. The van der Waals surface area contributed by atoms with Gasteiger partial charge in [-0.1, -0.05) is 18.2 Å². The number of nitrogens with zero attached hydrogens (tertiary/aromatic N) is 2. The maximum atomic E-state index is 6.08. The van der Waals surface area contributed by atoms with Crippen LogP contribution in [0.3, 0.4) is 0 Å². The average molecular weight is 233 g/mol. The number of rotatable bonds is 1. The van der Waals surface area contributed by atoms with E-state index in [4.69, 9.17) is 10.5 Å². The highest BCUT2D eigenvalue weighted by atomic mass is 16.5. The van der Waals surface area contributed by atoms with Crippen molar-refractivity contribution in [3.63, 3.8) is 0 Å². The maximum absolute atomic E-state index is 6.08. The second kappa shape index (κ2) is 4.75. The first kappa shape index (κ1) is 11.9. The molecule has 0 atom stereocenters. The van der Waals surface area contributed by atoms with Crippen molar-refractivity contribution in [3.05, 3.63) is 30.3 Å². The molecule has 17 heavy (non-hydrogen) atoms. The van der Waals surface area contributed by atoms with Gasteiger partial charge in [-0.25, -0.2) is 4.99 Å². The monoisotopic (exact) mass is 233 g/mol. The Bertz CT molecular complexity index is 400. The Labute approximate surface area is 102 Å². The Morgan fingerprint density at radius 2 is 2.06 bits per heavy atom. The number of benzene rings is 1. The number of morpholine rings is 1. The molecular formula is C13H19N3O. The minimum atomic E-state index is -0.0966. The van der Waals surface area contributed by atoms with Crippen LogP contribution in [0.25, 0.3) is 0 Å². The second-order valence-electron chi connectivity index (χ2n) is 4.82. The minimum absolute atomic E-state index is 0.0966. The van der Waals surface area contributed by atoms with Crippen molar-refractivity contribution in [2.75, 3.05) is 19.8 Å². The molecule has 1 aliphatic rings. The fourth-order valence-electron chi connectivity index (χ4n) is 1.98. The van der Waals surface area contributed by atoms with Crippen molar-refractivity contribution >= 4 is 11.6 Å². The van der Waals surface area contributed by atoms with Gasteiger partial charge < -0.3 is 15.4 Å². The van der Waals surface area contributed by atoms with Crippen molar-refractivity contribution in [2.24, 2.45) is 10.7 Å². The van der Waals surface area contributed by atoms with Gasteiger partial charge in [-0.3, -0.25) is 0 Å². The summed E-state index contributed by atoms with van der Waals surface area (Å²) in [6, 6.07) is 9.77. The first-order valence-corrected chi connectivity index (χ1v) is 5.84. The molecule has 0 spiro atoms. The Morgan fingerprint density at radius 3 is 2.71 bits per heavy atom. The van der Waals surface area contributed by atoms with E-state index in [1.165, 1.54) is 0 Å². The largest absolute Gasteiger partial charge is 0.377 e. The number of hydrogen-bond acceptors (Lipinski definition) is 2. The fraction of sp³-hybridized carbons (Fsp3) is 0.462. The molecule has 0 amide bonds. The van der Waals surface area contributed by atoms with Gasteiger partial charge in [0.2, 0.25) is 0 Å². The summed E-state index contributed by atoms with van der Waals surface area (Å²) in [6.45, 7) is 6.39. The van der Waals surface area contributed by atoms with Crippen LogP contribution in [0.1, 0.15) is 13.8 Å². The summed E-state index contributed by atoms with van der Waals surface area (Å²) in [5, 5.41) is 0. The van der Waals surface area contributed by atoms with E-state index in [0.29, 0.717) is 19.2 Å². The Kier molecular flexibility index (Phi) is 3.33. The fourth-order valence-corrected chi connectivity index (χ4v) is 1.98. The van der Waals surface area contributed by atoms with Crippen LogP contribution in [-0.4, -0.2) is 36.2 Å². The van der Waals surface area contributed by atoms with E-state index in [2.05, 4.69) is 23.7 Å². The number of guanidine groups is 1. The molecule has 1 saturated heterocycles. The topological polar surface area (TPSA) is 50.9 Å². The van der Waals surface area contributed by atoms with Crippen LogP contribution in [0, 0.1) is 0 Å². The number of ether oxygens (including phenoxy) is 1. The Morgan fingerprint density at radius 1 is 1.35 bits per heavy atom. The summed E-state index contributed by atoms with van der Waals surface area (Å²) >= 11 is 0. The van der Waals surface area contributed by atoms with E-state index in [0.717, 1.165) is 12.2 Å². The third-order valence-corrected chi connectivity index (χ3v) is 2.92. The van der Waals surface area contributed by atoms with Crippen molar-refractivity contribution in [1.82, 2.24) is 4.90 Å². The van der Waals surface area contributed by atoms with Crippen molar-refractivity contribution in [1.29, 1.82) is 0 Å². The van der Waals surface area contributed by atoms with Gasteiger partial charge in [0.05, 0.1) is 24.4 Å².